The second-order valence-corrected chi connectivity index (χ2v) is 3.13. The van der Waals surface area contributed by atoms with Gasteiger partial charge in [-0.25, -0.2) is 8.78 Å². The van der Waals surface area contributed by atoms with Gasteiger partial charge in [-0.1, -0.05) is 5.11 Å². The molecule has 0 spiro atoms. The van der Waals surface area contributed by atoms with Gasteiger partial charge in [0.1, 0.15) is 6.54 Å². The van der Waals surface area contributed by atoms with Crippen LogP contribution in [0.3, 0.4) is 0 Å². The van der Waals surface area contributed by atoms with Crippen LogP contribution >= 0.6 is 0 Å². The quantitative estimate of drug-likeness (QED) is 0.382. The van der Waals surface area contributed by atoms with Crippen LogP contribution in [0.15, 0.2) is 5.11 Å². The number of hydrogen-bond acceptors (Lipinski definition) is 2. The van der Waals surface area contributed by atoms with Crippen LogP contribution in [0.5, 0.6) is 0 Å². The van der Waals surface area contributed by atoms with E-state index in [4.69, 9.17) is 5.53 Å². The Morgan fingerprint density at radius 1 is 1.50 bits per heavy atom. The lowest BCUT2D eigenvalue weighted by Crippen LogP contribution is -2.43. The number of rotatable bonds is 2. The SMILES string of the molecule is [N-]=[N+]=NCC(=O)N1CCC(F)(F)CC1. The highest BCUT2D eigenvalue weighted by molar-refractivity contribution is 5.78. The Morgan fingerprint density at radius 3 is 2.57 bits per heavy atom. The summed E-state index contributed by atoms with van der Waals surface area (Å²) in [5.74, 6) is -3.05. The Kier molecular flexibility index (Phi) is 3.24. The zero-order valence-corrected chi connectivity index (χ0v) is 7.49. The topological polar surface area (TPSA) is 69.1 Å². The fraction of sp³-hybridized carbons (Fsp3) is 0.857. The molecule has 1 rings (SSSR count). The van der Waals surface area contributed by atoms with Crippen LogP contribution in [0.1, 0.15) is 12.8 Å². The predicted molar refractivity (Wildman–Crippen MR) is 44.8 cm³/mol. The second-order valence-electron chi connectivity index (χ2n) is 3.13. The minimum absolute atomic E-state index is 0.0345. The van der Waals surface area contributed by atoms with Crippen molar-refractivity contribution in [1.29, 1.82) is 0 Å². The van der Waals surface area contributed by atoms with Crippen LogP contribution < -0.4 is 0 Å². The molecule has 0 unspecified atom stereocenters. The molecule has 0 aliphatic carbocycles. The molecule has 0 aromatic rings. The number of piperidine rings is 1. The van der Waals surface area contributed by atoms with E-state index < -0.39 is 11.8 Å². The highest BCUT2D eigenvalue weighted by atomic mass is 19.3. The summed E-state index contributed by atoms with van der Waals surface area (Å²) >= 11 is 0. The van der Waals surface area contributed by atoms with Crippen molar-refractivity contribution in [1.82, 2.24) is 4.90 Å². The number of likely N-dealkylation sites (tertiary alicyclic amines) is 1. The van der Waals surface area contributed by atoms with E-state index in [9.17, 15) is 13.6 Å². The lowest BCUT2D eigenvalue weighted by Gasteiger charge is -2.31. The van der Waals surface area contributed by atoms with Crippen LogP contribution in [-0.2, 0) is 4.79 Å². The van der Waals surface area contributed by atoms with E-state index in [0.29, 0.717) is 0 Å². The van der Waals surface area contributed by atoms with Gasteiger partial charge in [-0.3, -0.25) is 4.79 Å². The maximum absolute atomic E-state index is 12.7. The Labute approximate surface area is 79.3 Å². The third-order valence-corrected chi connectivity index (χ3v) is 2.12. The highest BCUT2D eigenvalue weighted by Crippen LogP contribution is 2.27. The second kappa shape index (κ2) is 4.23. The van der Waals surface area contributed by atoms with Gasteiger partial charge in [-0.2, -0.15) is 0 Å². The number of carbonyl (C=O) groups is 1. The first kappa shape index (κ1) is 10.7. The largest absolute Gasteiger partial charge is 0.342 e. The number of nitrogens with zero attached hydrogens (tertiary/aromatic N) is 4. The van der Waals surface area contributed by atoms with E-state index >= 15 is 0 Å². The first-order valence-corrected chi connectivity index (χ1v) is 4.22. The molecule has 0 saturated carbocycles. The van der Waals surface area contributed by atoms with Crippen molar-refractivity contribution in [3.8, 4) is 0 Å². The lowest BCUT2D eigenvalue weighted by atomic mass is 10.1. The molecule has 1 heterocycles. The van der Waals surface area contributed by atoms with Gasteiger partial charge in [0.25, 0.3) is 5.92 Å². The summed E-state index contributed by atoms with van der Waals surface area (Å²) in [6.45, 7) is -0.221. The fourth-order valence-corrected chi connectivity index (χ4v) is 1.28. The molecule has 1 aliphatic rings. The van der Waals surface area contributed by atoms with Crippen molar-refractivity contribution in [3.63, 3.8) is 0 Å². The van der Waals surface area contributed by atoms with E-state index in [0.717, 1.165) is 0 Å². The molecular weight excluding hydrogens is 194 g/mol. The van der Waals surface area contributed by atoms with Crippen LogP contribution in [0.4, 0.5) is 8.78 Å². The molecule has 0 atom stereocenters. The molecule has 0 aromatic carbocycles. The average Bonchev–Trinajstić information content (AvgIpc) is 2.14. The van der Waals surface area contributed by atoms with Crippen molar-refractivity contribution in [2.75, 3.05) is 19.6 Å². The number of carbonyl (C=O) groups excluding carboxylic acids is 1. The van der Waals surface area contributed by atoms with Crippen LogP contribution in [-0.4, -0.2) is 36.4 Å². The number of alkyl halides is 2. The normalized spacial score (nSPS) is 20.0. The Hall–Kier alpha value is -1.36. The van der Waals surface area contributed by atoms with Gasteiger partial charge < -0.3 is 4.90 Å². The summed E-state index contributed by atoms with van der Waals surface area (Å²) in [5, 5.41) is 3.09. The molecule has 78 valence electrons. The van der Waals surface area contributed by atoms with E-state index in [1.54, 1.807) is 0 Å². The highest BCUT2D eigenvalue weighted by Gasteiger charge is 2.35. The Morgan fingerprint density at radius 2 is 2.07 bits per heavy atom. The van der Waals surface area contributed by atoms with Gasteiger partial charge in [0.15, 0.2) is 0 Å². The molecule has 1 amide bonds. The summed E-state index contributed by atoms with van der Waals surface area (Å²) in [5.41, 5.74) is 7.96. The van der Waals surface area contributed by atoms with E-state index in [1.807, 2.05) is 0 Å². The van der Waals surface area contributed by atoms with Crippen molar-refractivity contribution in [2.24, 2.45) is 5.11 Å². The van der Waals surface area contributed by atoms with Crippen molar-refractivity contribution in [3.05, 3.63) is 10.4 Å². The molecule has 0 aromatic heterocycles. The molecule has 1 saturated heterocycles. The van der Waals surface area contributed by atoms with Crippen molar-refractivity contribution in [2.45, 2.75) is 18.8 Å². The molecule has 14 heavy (non-hydrogen) atoms. The van der Waals surface area contributed by atoms with Crippen LogP contribution in [0.25, 0.3) is 10.4 Å². The minimum atomic E-state index is -2.66. The average molecular weight is 204 g/mol. The number of azide groups is 1. The standard InChI is InChI=1S/C7H10F2N4O/c8-7(9)1-3-13(4-2-7)6(14)5-11-12-10/h1-5H2. The van der Waals surface area contributed by atoms with Gasteiger partial charge in [0.2, 0.25) is 5.91 Å². The number of amides is 1. The summed E-state index contributed by atoms with van der Waals surface area (Å²) < 4.78 is 25.3. The van der Waals surface area contributed by atoms with Crippen molar-refractivity contribution < 1.29 is 13.6 Å². The number of halogens is 2. The summed E-state index contributed by atoms with van der Waals surface area (Å²) in [6.07, 6.45) is -0.621. The molecule has 1 fully saturated rings. The molecular formula is C7H10F2N4O. The molecule has 0 bridgehead atoms. The Bertz CT molecular complexity index is 265. The van der Waals surface area contributed by atoms with Crippen LogP contribution in [0, 0.1) is 0 Å². The van der Waals surface area contributed by atoms with E-state index in [-0.39, 0.29) is 32.5 Å². The van der Waals surface area contributed by atoms with E-state index in [2.05, 4.69) is 10.0 Å². The summed E-state index contributed by atoms with van der Waals surface area (Å²) in [6, 6.07) is 0. The first-order chi connectivity index (χ1) is 6.55. The molecule has 0 N–H and O–H groups in total. The maximum atomic E-state index is 12.7. The van der Waals surface area contributed by atoms with Crippen LogP contribution in [0.2, 0.25) is 0 Å². The first-order valence-electron chi connectivity index (χ1n) is 4.22. The Balaban J connectivity index is 2.41. The zero-order chi connectivity index (χ0) is 10.6. The van der Waals surface area contributed by atoms with E-state index in [1.165, 1.54) is 4.90 Å². The molecule has 7 heteroatoms. The maximum Gasteiger partial charge on any atom is 0.251 e. The third-order valence-electron chi connectivity index (χ3n) is 2.12. The fourth-order valence-electron chi connectivity index (χ4n) is 1.28. The molecule has 5 nitrogen and oxygen atoms in total. The molecule has 0 radical (unpaired) electrons. The summed E-state index contributed by atoms with van der Waals surface area (Å²) in [4.78, 5) is 14.9. The summed E-state index contributed by atoms with van der Waals surface area (Å²) in [7, 11) is 0. The van der Waals surface area contributed by atoms with Gasteiger partial charge in [-0.05, 0) is 5.53 Å². The smallest absolute Gasteiger partial charge is 0.251 e. The van der Waals surface area contributed by atoms with Gasteiger partial charge in [-0.15, -0.1) is 0 Å². The zero-order valence-electron chi connectivity index (χ0n) is 7.49. The predicted octanol–water partition coefficient (Wildman–Crippen LogP) is 1.55. The monoisotopic (exact) mass is 204 g/mol. The van der Waals surface area contributed by atoms with Gasteiger partial charge >= 0.3 is 0 Å². The molecule has 1 aliphatic heterocycles. The number of hydrogen-bond donors (Lipinski definition) is 0. The van der Waals surface area contributed by atoms with Crippen molar-refractivity contribution >= 4 is 5.91 Å². The lowest BCUT2D eigenvalue weighted by molar-refractivity contribution is -0.135. The third kappa shape index (κ3) is 2.85. The van der Waals surface area contributed by atoms with Gasteiger partial charge in [0.05, 0.1) is 0 Å². The minimum Gasteiger partial charge on any atom is -0.342 e. The van der Waals surface area contributed by atoms with Gasteiger partial charge in [0, 0.05) is 30.8 Å².